The highest BCUT2D eigenvalue weighted by molar-refractivity contribution is 5.12. The third-order valence-corrected chi connectivity index (χ3v) is 6.12. The van der Waals surface area contributed by atoms with Gasteiger partial charge < -0.3 is 5.32 Å². The number of nitrogens with one attached hydrogen (secondary N) is 3. The molecule has 0 rings (SSSR count). The Hall–Kier alpha value is -0.120. The van der Waals surface area contributed by atoms with Crippen LogP contribution in [0.3, 0.4) is 0 Å². The first-order valence-electron chi connectivity index (χ1n) is 11.7. The van der Waals surface area contributed by atoms with Gasteiger partial charge in [0.2, 0.25) is 0 Å². The van der Waals surface area contributed by atoms with E-state index in [0.29, 0.717) is 12.0 Å². The maximum absolute atomic E-state index is 4.02. The van der Waals surface area contributed by atoms with Crippen molar-refractivity contribution >= 4 is 0 Å². The van der Waals surface area contributed by atoms with E-state index in [1.165, 1.54) is 38.1 Å². The molecule has 0 spiro atoms. The summed E-state index contributed by atoms with van der Waals surface area (Å²) < 4.78 is 0. The Balaban J connectivity index is 5.46. The zero-order chi connectivity index (χ0) is 21.1. The van der Waals surface area contributed by atoms with Gasteiger partial charge in [0.25, 0.3) is 0 Å². The predicted molar refractivity (Wildman–Crippen MR) is 123 cm³/mol. The minimum atomic E-state index is -0.139. The van der Waals surface area contributed by atoms with E-state index in [-0.39, 0.29) is 11.2 Å². The van der Waals surface area contributed by atoms with Gasteiger partial charge in [0, 0.05) is 11.6 Å². The summed E-state index contributed by atoms with van der Waals surface area (Å²) in [6.45, 7) is 24.2. The van der Waals surface area contributed by atoms with E-state index in [1.54, 1.807) is 0 Å². The summed E-state index contributed by atoms with van der Waals surface area (Å²) in [5.74, 6) is 1.43. The number of hydrogen-bond acceptors (Lipinski definition) is 3. The molecule has 0 amide bonds. The second-order valence-corrected chi connectivity index (χ2v) is 9.63. The molecule has 3 N–H and O–H groups in total. The van der Waals surface area contributed by atoms with Gasteiger partial charge in [-0.25, -0.2) is 0 Å². The second-order valence-electron chi connectivity index (χ2n) is 9.63. The topological polar surface area (TPSA) is 36.1 Å². The van der Waals surface area contributed by atoms with Gasteiger partial charge >= 0.3 is 0 Å². The third kappa shape index (κ3) is 9.76. The lowest BCUT2D eigenvalue weighted by Gasteiger charge is -2.47. The zero-order valence-electron chi connectivity index (χ0n) is 20.4. The van der Waals surface area contributed by atoms with Crippen LogP contribution in [0.4, 0.5) is 0 Å². The van der Waals surface area contributed by atoms with Crippen LogP contribution in [0, 0.1) is 17.9 Å². The van der Waals surface area contributed by atoms with Crippen molar-refractivity contribution in [3.63, 3.8) is 0 Å². The normalized spacial score (nSPS) is 17.3. The van der Waals surface area contributed by atoms with Crippen molar-refractivity contribution in [3.8, 4) is 0 Å². The quantitative estimate of drug-likeness (QED) is 0.218. The molecule has 0 aromatic heterocycles. The molecular formula is C24H52N3. The van der Waals surface area contributed by atoms with Gasteiger partial charge in [-0.05, 0) is 71.3 Å². The van der Waals surface area contributed by atoms with E-state index in [9.17, 15) is 0 Å². The van der Waals surface area contributed by atoms with Gasteiger partial charge in [-0.1, -0.05) is 61.3 Å². The molecule has 0 bridgehead atoms. The fraction of sp³-hybridized carbons (Fsp3) is 0.958. The van der Waals surface area contributed by atoms with E-state index in [2.05, 4.69) is 85.2 Å². The summed E-state index contributed by atoms with van der Waals surface area (Å²) in [6.07, 6.45) is 8.20. The molecule has 0 saturated heterocycles. The molecule has 27 heavy (non-hydrogen) atoms. The fourth-order valence-electron chi connectivity index (χ4n) is 3.97. The molecular weight excluding hydrogens is 330 g/mol. The Morgan fingerprint density at radius 1 is 0.963 bits per heavy atom. The van der Waals surface area contributed by atoms with Crippen LogP contribution in [-0.2, 0) is 0 Å². The highest BCUT2D eigenvalue weighted by atomic mass is 15.3. The monoisotopic (exact) mass is 382 g/mol. The van der Waals surface area contributed by atoms with Crippen molar-refractivity contribution in [2.75, 3.05) is 6.54 Å². The van der Waals surface area contributed by atoms with E-state index in [1.807, 2.05) is 0 Å². The smallest absolute Gasteiger partial charge is 0.0893 e. The average molecular weight is 383 g/mol. The lowest BCUT2D eigenvalue weighted by Crippen LogP contribution is -2.68. The summed E-state index contributed by atoms with van der Waals surface area (Å²) in [4.78, 5) is 0. The van der Waals surface area contributed by atoms with Crippen molar-refractivity contribution in [2.24, 2.45) is 11.8 Å². The first-order valence-corrected chi connectivity index (χ1v) is 11.7. The van der Waals surface area contributed by atoms with Gasteiger partial charge in [-0.3, -0.25) is 10.6 Å². The van der Waals surface area contributed by atoms with E-state index in [0.717, 1.165) is 25.3 Å². The molecule has 0 aliphatic heterocycles. The molecule has 0 aromatic carbocycles. The maximum Gasteiger partial charge on any atom is 0.0893 e. The molecule has 0 aliphatic rings. The summed E-state index contributed by atoms with van der Waals surface area (Å²) >= 11 is 0. The van der Waals surface area contributed by atoms with Crippen LogP contribution in [0.15, 0.2) is 0 Å². The number of rotatable bonds is 16. The van der Waals surface area contributed by atoms with Crippen molar-refractivity contribution in [2.45, 2.75) is 131 Å². The average Bonchev–Trinajstić information content (AvgIpc) is 2.61. The Morgan fingerprint density at radius 2 is 1.59 bits per heavy atom. The Morgan fingerprint density at radius 3 is 2.04 bits per heavy atom. The summed E-state index contributed by atoms with van der Waals surface area (Å²) in [6, 6.07) is 1.90. The van der Waals surface area contributed by atoms with E-state index < -0.39 is 0 Å². The summed E-state index contributed by atoms with van der Waals surface area (Å²) in [7, 11) is 0. The van der Waals surface area contributed by atoms with Crippen molar-refractivity contribution < 1.29 is 0 Å². The van der Waals surface area contributed by atoms with Gasteiger partial charge in [0.1, 0.15) is 0 Å². The molecule has 163 valence electrons. The first kappa shape index (κ1) is 26.9. The van der Waals surface area contributed by atoms with Crippen molar-refractivity contribution in [3.05, 3.63) is 6.04 Å². The highest BCUT2D eigenvalue weighted by Crippen LogP contribution is 2.28. The minimum Gasteiger partial charge on any atom is -0.302 e. The van der Waals surface area contributed by atoms with Crippen LogP contribution in [-0.4, -0.2) is 23.8 Å². The molecule has 3 heteroatoms. The van der Waals surface area contributed by atoms with Gasteiger partial charge in [-0.2, -0.15) is 0 Å². The Labute approximate surface area is 172 Å². The van der Waals surface area contributed by atoms with Crippen LogP contribution < -0.4 is 16.0 Å². The van der Waals surface area contributed by atoms with Crippen LogP contribution in [0.2, 0.25) is 0 Å². The highest BCUT2D eigenvalue weighted by Gasteiger charge is 2.40. The fourth-order valence-corrected chi connectivity index (χ4v) is 3.97. The van der Waals surface area contributed by atoms with Gasteiger partial charge in [0.15, 0.2) is 0 Å². The molecule has 0 saturated carbocycles. The maximum atomic E-state index is 4.02. The molecule has 0 fully saturated rings. The molecule has 0 aliphatic carbocycles. The summed E-state index contributed by atoms with van der Waals surface area (Å²) in [5, 5.41) is 11.9. The van der Waals surface area contributed by atoms with Gasteiger partial charge in [-0.15, -0.1) is 0 Å². The van der Waals surface area contributed by atoms with Crippen LogP contribution >= 0.6 is 0 Å². The second kappa shape index (κ2) is 13.2. The Kier molecular flexibility index (Phi) is 13.1. The van der Waals surface area contributed by atoms with E-state index >= 15 is 0 Å². The van der Waals surface area contributed by atoms with Crippen LogP contribution in [0.1, 0.15) is 114 Å². The standard InChI is InChI=1S/C24H52N3/c1-11-17-23(9,10)27-22(13-3)24(14-4,25-18-15-16-19(5)6)26-21(8)20(7)12-2/h19-21,25-27H,11-18H2,1-10H3. The SMILES string of the molecule is CCCC(C)(C)N[C](CC)C(CC)(NCCCC(C)C)NC(C)C(C)CC. The Bertz CT molecular complexity index is 367. The largest absolute Gasteiger partial charge is 0.302 e. The predicted octanol–water partition coefficient (Wildman–Crippen LogP) is 6.25. The lowest BCUT2D eigenvalue weighted by atomic mass is 9.87. The van der Waals surface area contributed by atoms with E-state index in [4.69, 9.17) is 0 Å². The molecule has 1 radical (unpaired) electrons. The summed E-state index contributed by atoms with van der Waals surface area (Å²) in [5.41, 5.74) is -0.0129. The van der Waals surface area contributed by atoms with Crippen LogP contribution in [0.25, 0.3) is 0 Å². The zero-order valence-corrected chi connectivity index (χ0v) is 20.4. The lowest BCUT2D eigenvalue weighted by molar-refractivity contribution is 0.168. The van der Waals surface area contributed by atoms with Crippen molar-refractivity contribution in [1.29, 1.82) is 0 Å². The number of hydrogen-bond donors (Lipinski definition) is 3. The third-order valence-electron chi connectivity index (χ3n) is 6.12. The molecule has 0 heterocycles. The molecule has 3 nitrogen and oxygen atoms in total. The van der Waals surface area contributed by atoms with Crippen molar-refractivity contribution in [1.82, 2.24) is 16.0 Å². The van der Waals surface area contributed by atoms with Crippen LogP contribution in [0.5, 0.6) is 0 Å². The van der Waals surface area contributed by atoms with Gasteiger partial charge in [0.05, 0.1) is 11.7 Å². The molecule has 3 unspecified atom stereocenters. The molecule has 0 aromatic rings. The molecule has 3 atom stereocenters. The first-order chi connectivity index (χ1) is 12.6. The minimum absolute atomic E-state index is 0.126.